The number of hydrogen-bond donors (Lipinski definition) is 1. The summed E-state index contributed by atoms with van der Waals surface area (Å²) in [6.45, 7) is 6.83. The Kier molecular flexibility index (Phi) is 4.00. The summed E-state index contributed by atoms with van der Waals surface area (Å²) in [4.78, 5) is 7.19. The molecule has 1 aliphatic heterocycles. The van der Waals surface area contributed by atoms with Crippen LogP contribution in [0.4, 0.5) is 5.82 Å². The average Bonchev–Trinajstić information content (AvgIpc) is 2.77. The normalized spacial score (nSPS) is 20.8. The molecule has 3 heteroatoms. The Bertz CT molecular complexity index is 376. The van der Waals surface area contributed by atoms with Gasteiger partial charge in [0.1, 0.15) is 5.82 Å². The molecule has 17 heavy (non-hydrogen) atoms. The van der Waals surface area contributed by atoms with E-state index in [9.17, 15) is 0 Å². The second-order valence-electron chi connectivity index (χ2n) is 4.82. The zero-order chi connectivity index (χ0) is 12.3. The summed E-state index contributed by atoms with van der Waals surface area (Å²) >= 11 is 0. The maximum Gasteiger partial charge on any atom is 0.125 e. The van der Waals surface area contributed by atoms with Gasteiger partial charge in [-0.05, 0) is 50.9 Å². The van der Waals surface area contributed by atoms with Gasteiger partial charge in [0, 0.05) is 18.8 Å². The summed E-state index contributed by atoms with van der Waals surface area (Å²) < 4.78 is 0. The number of nitrogens with one attached hydrogen (secondary N) is 1. The molecule has 0 radical (unpaired) electrons. The fraction of sp³-hybridized carbons (Fsp3) is 0.643. The Morgan fingerprint density at radius 3 is 2.94 bits per heavy atom. The van der Waals surface area contributed by atoms with Crippen molar-refractivity contribution in [3.05, 3.63) is 23.4 Å². The fourth-order valence-corrected chi connectivity index (χ4v) is 2.80. The SMILES string of the molecule is CCCN1CCCC1c1ccc(NC)nc1C. The zero-order valence-electron chi connectivity index (χ0n) is 11.2. The number of nitrogens with zero attached hydrogens (tertiary/aromatic N) is 2. The van der Waals surface area contributed by atoms with E-state index in [4.69, 9.17) is 0 Å². The lowest BCUT2D eigenvalue weighted by Gasteiger charge is -2.25. The quantitative estimate of drug-likeness (QED) is 0.866. The summed E-state index contributed by atoms with van der Waals surface area (Å²) in [6.07, 6.45) is 3.83. The molecule has 2 rings (SSSR count). The number of aryl methyl sites for hydroxylation is 1. The van der Waals surface area contributed by atoms with Crippen molar-refractivity contribution in [3.8, 4) is 0 Å². The monoisotopic (exact) mass is 233 g/mol. The Morgan fingerprint density at radius 2 is 2.29 bits per heavy atom. The minimum atomic E-state index is 0.591. The van der Waals surface area contributed by atoms with Gasteiger partial charge in [0.05, 0.1) is 0 Å². The van der Waals surface area contributed by atoms with Crippen molar-refractivity contribution in [1.29, 1.82) is 0 Å². The van der Waals surface area contributed by atoms with Crippen molar-refractivity contribution in [1.82, 2.24) is 9.88 Å². The first kappa shape index (κ1) is 12.4. The van der Waals surface area contributed by atoms with Crippen LogP contribution in [0.2, 0.25) is 0 Å². The molecule has 2 heterocycles. The van der Waals surface area contributed by atoms with E-state index in [1.54, 1.807) is 0 Å². The lowest BCUT2D eigenvalue weighted by molar-refractivity contribution is 0.257. The van der Waals surface area contributed by atoms with Gasteiger partial charge < -0.3 is 5.32 Å². The highest BCUT2D eigenvalue weighted by Gasteiger charge is 2.26. The molecule has 0 aliphatic carbocycles. The van der Waals surface area contributed by atoms with Crippen molar-refractivity contribution in [3.63, 3.8) is 0 Å². The van der Waals surface area contributed by atoms with Crippen LogP contribution < -0.4 is 5.32 Å². The van der Waals surface area contributed by atoms with Gasteiger partial charge in [-0.15, -0.1) is 0 Å². The van der Waals surface area contributed by atoms with E-state index in [-0.39, 0.29) is 0 Å². The summed E-state index contributed by atoms with van der Waals surface area (Å²) in [5.41, 5.74) is 2.58. The van der Waals surface area contributed by atoms with E-state index in [0.717, 1.165) is 5.82 Å². The molecule has 1 unspecified atom stereocenters. The Morgan fingerprint density at radius 1 is 1.47 bits per heavy atom. The van der Waals surface area contributed by atoms with Crippen LogP contribution in [0.1, 0.15) is 43.5 Å². The number of rotatable bonds is 4. The standard InChI is InChI=1S/C14H23N3/c1-4-9-17-10-5-6-13(17)12-7-8-14(15-3)16-11(12)2/h7-8,13H,4-6,9-10H2,1-3H3,(H,15,16). The number of aromatic nitrogens is 1. The summed E-state index contributed by atoms with van der Waals surface area (Å²) in [7, 11) is 1.92. The molecule has 1 aromatic rings. The predicted molar refractivity (Wildman–Crippen MR) is 72.4 cm³/mol. The second kappa shape index (κ2) is 5.50. The molecule has 0 bridgehead atoms. The van der Waals surface area contributed by atoms with E-state index >= 15 is 0 Å². The van der Waals surface area contributed by atoms with Crippen molar-refractivity contribution < 1.29 is 0 Å². The van der Waals surface area contributed by atoms with Gasteiger partial charge in [-0.25, -0.2) is 4.98 Å². The summed E-state index contributed by atoms with van der Waals surface area (Å²) in [6, 6.07) is 4.92. The maximum absolute atomic E-state index is 4.59. The van der Waals surface area contributed by atoms with Crippen LogP contribution in [-0.2, 0) is 0 Å². The molecule has 1 saturated heterocycles. The first-order valence-electron chi connectivity index (χ1n) is 6.65. The average molecular weight is 233 g/mol. The van der Waals surface area contributed by atoms with E-state index in [1.807, 2.05) is 7.05 Å². The van der Waals surface area contributed by atoms with Crippen LogP contribution in [0.15, 0.2) is 12.1 Å². The van der Waals surface area contributed by atoms with Crippen molar-refractivity contribution >= 4 is 5.82 Å². The third kappa shape index (κ3) is 2.60. The van der Waals surface area contributed by atoms with Gasteiger partial charge in [0.2, 0.25) is 0 Å². The molecule has 1 aliphatic rings. The van der Waals surface area contributed by atoms with Crippen LogP contribution in [0.5, 0.6) is 0 Å². The lowest BCUT2D eigenvalue weighted by Crippen LogP contribution is -2.24. The third-order valence-corrected chi connectivity index (χ3v) is 3.62. The molecule has 0 saturated carbocycles. The number of hydrogen-bond acceptors (Lipinski definition) is 3. The minimum Gasteiger partial charge on any atom is -0.373 e. The highest BCUT2D eigenvalue weighted by Crippen LogP contribution is 2.33. The molecule has 1 N–H and O–H groups in total. The van der Waals surface area contributed by atoms with Crippen LogP contribution in [-0.4, -0.2) is 30.0 Å². The van der Waals surface area contributed by atoms with Gasteiger partial charge in [-0.2, -0.15) is 0 Å². The maximum atomic E-state index is 4.59. The van der Waals surface area contributed by atoms with Gasteiger partial charge >= 0.3 is 0 Å². The van der Waals surface area contributed by atoms with Gasteiger partial charge in [-0.3, -0.25) is 4.90 Å². The van der Waals surface area contributed by atoms with E-state index in [2.05, 4.69) is 41.2 Å². The first-order chi connectivity index (χ1) is 8.26. The smallest absolute Gasteiger partial charge is 0.125 e. The number of pyridine rings is 1. The molecule has 0 amide bonds. The van der Waals surface area contributed by atoms with Crippen LogP contribution in [0, 0.1) is 6.92 Å². The molecular formula is C14H23N3. The zero-order valence-corrected chi connectivity index (χ0v) is 11.2. The lowest BCUT2D eigenvalue weighted by atomic mass is 10.0. The first-order valence-corrected chi connectivity index (χ1v) is 6.65. The Hall–Kier alpha value is -1.09. The Labute approximate surface area is 104 Å². The largest absolute Gasteiger partial charge is 0.373 e. The summed E-state index contributed by atoms with van der Waals surface area (Å²) in [5.74, 6) is 0.964. The minimum absolute atomic E-state index is 0.591. The van der Waals surface area contributed by atoms with E-state index in [0.29, 0.717) is 6.04 Å². The third-order valence-electron chi connectivity index (χ3n) is 3.62. The Balaban J connectivity index is 2.21. The van der Waals surface area contributed by atoms with Crippen molar-refractivity contribution in [2.75, 3.05) is 25.5 Å². The van der Waals surface area contributed by atoms with Crippen LogP contribution in [0.25, 0.3) is 0 Å². The second-order valence-corrected chi connectivity index (χ2v) is 4.82. The topological polar surface area (TPSA) is 28.2 Å². The number of likely N-dealkylation sites (tertiary alicyclic amines) is 1. The molecule has 0 aromatic carbocycles. The number of anilines is 1. The van der Waals surface area contributed by atoms with E-state index < -0.39 is 0 Å². The fourth-order valence-electron chi connectivity index (χ4n) is 2.80. The van der Waals surface area contributed by atoms with Crippen molar-refractivity contribution in [2.24, 2.45) is 0 Å². The van der Waals surface area contributed by atoms with Gasteiger partial charge in [-0.1, -0.05) is 13.0 Å². The van der Waals surface area contributed by atoms with E-state index in [1.165, 1.54) is 43.6 Å². The molecule has 3 nitrogen and oxygen atoms in total. The molecule has 94 valence electrons. The summed E-state index contributed by atoms with van der Waals surface area (Å²) in [5, 5.41) is 3.10. The van der Waals surface area contributed by atoms with Gasteiger partial charge in [0.25, 0.3) is 0 Å². The molecule has 1 atom stereocenters. The molecule has 0 spiro atoms. The van der Waals surface area contributed by atoms with Gasteiger partial charge in [0.15, 0.2) is 0 Å². The van der Waals surface area contributed by atoms with Crippen LogP contribution in [0.3, 0.4) is 0 Å². The predicted octanol–water partition coefficient (Wildman–Crippen LogP) is 2.98. The van der Waals surface area contributed by atoms with Crippen LogP contribution >= 0.6 is 0 Å². The highest BCUT2D eigenvalue weighted by molar-refractivity contribution is 5.39. The molecular weight excluding hydrogens is 210 g/mol. The highest BCUT2D eigenvalue weighted by atomic mass is 15.2. The molecule has 1 fully saturated rings. The van der Waals surface area contributed by atoms with Crippen molar-refractivity contribution in [2.45, 2.75) is 39.2 Å². The molecule has 1 aromatic heterocycles.